The minimum Gasteiger partial charge on any atom is -0.507 e. The standard InChI is InChI=1S/C34H28N6O16S4/c1-55-23-13-15(9-11-19(23)37-39-29-31(57(43,44)45)17-5-3-7-21(41)25(17)27(35)33(29)59(49,50)51)16-10-12-20(24(14-16)56-2)38-40-30-32(58(46,47)48)18-6-4-8-22(42)26(18)28(36)34(30)60(52,53)54/h3-14,41-42H,35-36H2,1-2H3,(H,43,44,45)(H,46,47,48)(H,49,50,51)(H,52,53,54). The van der Waals surface area contributed by atoms with Gasteiger partial charge in [0.05, 0.1) is 25.6 Å². The Bertz CT molecular complexity index is 3120. The molecule has 60 heavy (non-hydrogen) atoms. The van der Waals surface area contributed by atoms with Crippen LogP contribution in [0, 0.1) is 0 Å². The third-order valence-electron chi connectivity index (χ3n) is 8.70. The minimum atomic E-state index is -5.39. The van der Waals surface area contributed by atoms with Crippen LogP contribution >= 0.6 is 0 Å². The fraction of sp³-hybridized carbons (Fsp3) is 0.0588. The average Bonchev–Trinajstić information content (AvgIpc) is 3.13. The van der Waals surface area contributed by atoms with Crippen molar-refractivity contribution in [2.45, 2.75) is 19.6 Å². The predicted octanol–water partition coefficient (Wildman–Crippen LogP) is 6.07. The molecule has 0 saturated carbocycles. The molecule has 6 aromatic rings. The molecular formula is C34H28N6O16S4. The Morgan fingerprint density at radius 2 is 0.817 bits per heavy atom. The van der Waals surface area contributed by atoms with E-state index >= 15 is 0 Å². The third-order valence-corrected chi connectivity index (χ3v) is 12.4. The predicted molar refractivity (Wildman–Crippen MR) is 213 cm³/mol. The highest BCUT2D eigenvalue weighted by atomic mass is 32.2. The van der Waals surface area contributed by atoms with Gasteiger partial charge in [-0.05, 0) is 47.5 Å². The zero-order valence-electron chi connectivity index (χ0n) is 30.3. The van der Waals surface area contributed by atoms with Gasteiger partial charge in [0.15, 0.2) is 0 Å². The summed E-state index contributed by atoms with van der Waals surface area (Å²) in [6.07, 6.45) is 0. The summed E-state index contributed by atoms with van der Waals surface area (Å²) in [4.78, 5) is -4.85. The number of phenols is 2. The molecule has 0 aliphatic rings. The number of benzene rings is 6. The molecule has 6 rings (SSSR count). The Morgan fingerprint density at radius 3 is 1.12 bits per heavy atom. The molecule has 0 radical (unpaired) electrons. The molecule has 0 bridgehead atoms. The Hall–Kier alpha value is -6.52. The van der Waals surface area contributed by atoms with Crippen LogP contribution in [0.4, 0.5) is 34.1 Å². The topological polar surface area (TPSA) is 378 Å². The van der Waals surface area contributed by atoms with Gasteiger partial charge >= 0.3 is 0 Å². The number of nitrogens with zero attached hydrogens (tertiary/aromatic N) is 4. The van der Waals surface area contributed by atoms with Gasteiger partial charge in [-0.15, -0.1) is 20.5 Å². The number of phenolic OH excluding ortho intramolecular Hbond substituents is 2. The summed E-state index contributed by atoms with van der Waals surface area (Å²) in [5.74, 6) is -1.46. The number of hydrogen-bond donors (Lipinski definition) is 8. The van der Waals surface area contributed by atoms with Crippen LogP contribution in [-0.4, -0.2) is 76.3 Å². The van der Waals surface area contributed by atoms with E-state index in [0.717, 1.165) is 24.3 Å². The number of ether oxygens (including phenoxy) is 2. The molecule has 0 fully saturated rings. The van der Waals surface area contributed by atoms with Gasteiger partial charge < -0.3 is 31.2 Å². The van der Waals surface area contributed by atoms with Crippen molar-refractivity contribution in [3.8, 4) is 34.1 Å². The molecule has 0 heterocycles. The SMILES string of the molecule is COc1cc(-c2ccc(N=Nc3c(S(=O)(=O)O)c(N)c4c(O)cccc4c3S(=O)(=O)O)c(OC)c2)ccc1N=Nc1c(S(=O)(=O)O)c(N)c2c(O)cccc2c1S(=O)(=O)O. The molecule has 0 aromatic heterocycles. The van der Waals surface area contributed by atoms with E-state index in [1.165, 1.54) is 62.8 Å². The lowest BCUT2D eigenvalue weighted by molar-refractivity contribution is 0.415. The first-order valence-electron chi connectivity index (χ1n) is 16.1. The van der Waals surface area contributed by atoms with Crippen molar-refractivity contribution in [1.82, 2.24) is 0 Å². The molecule has 6 aromatic carbocycles. The third kappa shape index (κ3) is 7.82. The summed E-state index contributed by atoms with van der Waals surface area (Å²) in [6, 6.07) is 14.9. The number of anilines is 2. The van der Waals surface area contributed by atoms with E-state index in [4.69, 9.17) is 20.9 Å². The number of fused-ring (bicyclic) bond motifs is 2. The molecule has 0 spiro atoms. The number of nitrogens with two attached hydrogens (primary N) is 2. The van der Waals surface area contributed by atoms with Gasteiger partial charge in [0, 0.05) is 21.5 Å². The minimum absolute atomic E-state index is 0.0531. The quantitative estimate of drug-likeness (QED) is 0.0415. The van der Waals surface area contributed by atoms with E-state index < -0.39 is 116 Å². The first-order chi connectivity index (χ1) is 27.9. The summed E-state index contributed by atoms with van der Waals surface area (Å²) >= 11 is 0. The van der Waals surface area contributed by atoms with E-state index in [0.29, 0.717) is 11.1 Å². The number of azo groups is 2. The van der Waals surface area contributed by atoms with Crippen LogP contribution in [0.3, 0.4) is 0 Å². The van der Waals surface area contributed by atoms with Crippen LogP contribution in [0.1, 0.15) is 0 Å². The zero-order valence-corrected chi connectivity index (χ0v) is 33.5. The van der Waals surface area contributed by atoms with Crippen molar-refractivity contribution in [2.75, 3.05) is 25.7 Å². The monoisotopic (exact) mass is 904 g/mol. The van der Waals surface area contributed by atoms with Crippen LogP contribution in [0.15, 0.2) is 113 Å². The molecule has 0 aliphatic heterocycles. The van der Waals surface area contributed by atoms with Gasteiger partial charge in [-0.2, -0.15) is 33.7 Å². The van der Waals surface area contributed by atoms with E-state index in [2.05, 4.69) is 20.5 Å². The lowest BCUT2D eigenvalue weighted by Gasteiger charge is -2.15. The van der Waals surface area contributed by atoms with Crippen LogP contribution in [-0.2, 0) is 40.5 Å². The number of nitrogen functional groups attached to an aromatic ring is 2. The Morgan fingerprint density at radius 1 is 0.483 bits per heavy atom. The molecule has 10 N–H and O–H groups in total. The Labute approximate surface area is 339 Å². The largest absolute Gasteiger partial charge is 0.507 e. The highest BCUT2D eigenvalue weighted by Crippen LogP contribution is 2.49. The summed E-state index contributed by atoms with van der Waals surface area (Å²) in [5.41, 5.74) is 8.64. The second-order valence-electron chi connectivity index (χ2n) is 12.3. The fourth-order valence-electron chi connectivity index (χ4n) is 6.28. The molecule has 22 nitrogen and oxygen atoms in total. The molecule has 0 aliphatic carbocycles. The second kappa shape index (κ2) is 15.3. The van der Waals surface area contributed by atoms with Crippen LogP contribution in [0.2, 0.25) is 0 Å². The number of aromatic hydroxyl groups is 2. The Kier molecular flexibility index (Phi) is 11.0. The number of methoxy groups -OCH3 is 2. The second-order valence-corrected chi connectivity index (χ2v) is 17.7. The summed E-state index contributed by atoms with van der Waals surface area (Å²) in [7, 11) is -19.0. The summed E-state index contributed by atoms with van der Waals surface area (Å²) in [6.45, 7) is 0. The average molecular weight is 905 g/mol. The van der Waals surface area contributed by atoms with Gasteiger partial charge in [0.1, 0.15) is 65.3 Å². The van der Waals surface area contributed by atoms with Crippen molar-refractivity contribution >= 4 is 96.1 Å². The maximum Gasteiger partial charge on any atom is 0.298 e. The lowest BCUT2D eigenvalue weighted by Crippen LogP contribution is -2.09. The van der Waals surface area contributed by atoms with Crippen molar-refractivity contribution in [3.05, 3.63) is 72.8 Å². The van der Waals surface area contributed by atoms with Crippen molar-refractivity contribution in [2.24, 2.45) is 20.5 Å². The van der Waals surface area contributed by atoms with Crippen molar-refractivity contribution in [3.63, 3.8) is 0 Å². The van der Waals surface area contributed by atoms with Gasteiger partial charge in [-0.3, -0.25) is 18.2 Å². The van der Waals surface area contributed by atoms with Gasteiger partial charge in [-0.25, -0.2) is 0 Å². The van der Waals surface area contributed by atoms with Gasteiger partial charge in [0.25, 0.3) is 40.5 Å². The molecule has 0 unspecified atom stereocenters. The molecule has 314 valence electrons. The number of rotatable bonds is 11. The highest BCUT2D eigenvalue weighted by Gasteiger charge is 2.34. The lowest BCUT2D eigenvalue weighted by atomic mass is 10.0. The highest BCUT2D eigenvalue weighted by molar-refractivity contribution is 7.87. The van der Waals surface area contributed by atoms with Crippen LogP contribution < -0.4 is 20.9 Å². The summed E-state index contributed by atoms with van der Waals surface area (Å²) in [5, 5.41) is 34.1. The van der Waals surface area contributed by atoms with E-state index in [-0.39, 0.29) is 22.9 Å². The molecular weight excluding hydrogens is 877 g/mol. The molecule has 0 atom stereocenters. The maximum atomic E-state index is 12.6. The van der Waals surface area contributed by atoms with E-state index in [1.54, 1.807) is 0 Å². The summed E-state index contributed by atoms with van der Waals surface area (Å²) < 4.78 is 152. The maximum absolute atomic E-state index is 12.6. The van der Waals surface area contributed by atoms with Crippen molar-refractivity contribution in [1.29, 1.82) is 0 Å². The Balaban J connectivity index is 1.46. The van der Waals surface area contributed by atoms with Gasteiger partial charge in [0.2, 0.25) is 0 Å². The zero-order chi connectivity index (χ0) is 44.3. The van der Waals surface area contributed by atoms with Gasteiger partial charge in [-0.1, -0.05) is 36.4 Å². The van der Waals surface area contributed by atoms with E-state index in [1.807, 2.05) is 0 Å². The molecule has 26 heteroatoms. The first kappa shape index (κ1) is 43.1. The first-order valence-corrected chi connectivity index (χ1v) is 21.9. The number of hydrogen-bond acceptors (Lipinski definition) is 18. The molecule has 0 amide bonds. The van der Waals surface area contributed by atoms with Crippen LogP contribution in [0.5, 0.6) is 23.0 Å². The normalized spacial score (nSPS) is 12.8. The van der Waals surface area contributed by atoms with E-state index in [9.17, 15) is 62.1 Å². The fourth-order valence-corrected chi connectivity index (χ4v) is 9.62. The van der Waals surface area contributed by atoms with Crippen LogP contribution in [0.25, 0.3) is 32.7 Å². The van der Waals surface area contributed by atoms with Crippen molar-refractivity contribution < 1.29 is 71.6 Å². The smallest absolute Gasteiger partial charge is 0.298 e. The molecule has 0 saturated heterocycles.